The quantitative estimate of drug-likeness (QED) is 0.554. The second-order valence-electron chi connectivity index (χ2n) is 6.42. The molecule has 0 aliphatic carbocycles. The van der Waals surface area contributed by atoms with E-state index in [1.54, 1.807) is 19.9 Å². The lowest BCUT2D eigenvalue weighted by Gasteiger charge is -2.23. The lowest BCUT2D eigenvalue weighted by atomic mass is 10.1. The monoisotopic (exact) mass is 453 g/mol. The Morgan fingerprint density at radius 2 is 2.04 bits per heavy atom. The largest absolute Gasteiger partial charge is 0.460 e. The molecule has 0 bridgehead atoms. The maximum atomic E-state index is 12.8. The second-order valence-corrected chi connectivity index (χ2v) is 7.33. The molecule has 1 unspecified atom stereocenters. The maximum Gasteiger partial charge on any atom is 0.414 e. The number of fused-ring (bicyclic) bond motifs is 1. The van der Waals surface area contributed by atoms with Crippen LogP contribution in [0.2, 0.25) is 0 Å². The zero-order valence-electron chi connectivity index (χ0n) is 16.0. The third-order valence-corrected chi connectivity index (χ3v) is 5.03. The first-order valence-corrected chi connectivity index (χ1v) is 10.3. The summed E-state index contributed by atoms with van der Waals surface area (Å²) < 4.78 is 22.7. The van der Waals surface area contributed by atoms with E-state index in [4.69, 9.17) is 18.6 Å². The Labute approximate surface area is 172 Å². The first kappa shape index (κ1) is 20.7. The van der Waals surface area contributed by atoms with Gasteiger partial charge >= 0.3 is 12.1 Å². The topological polar surface area (TPSA) is 78.2 Å². The standard InChI is InChI=1S/C20H24BrNO6/c1-3-25-19(23)18-17(15-12-13(21)7-8-16(15)28-18)22(20(24)26-4-2)10-9-14-6-5-11-27-14/h7-8,12,14H,3-6,9-11H2,1-2H3. The summed E-state index contributed by atoms with van der Waals surface area (Å²) in [6.45, 7) is 4.97. The van der Waals surface area contributed by atoms with E-state index < -0.39 is 12.1 Å². The van der Waals surface area contributed by atoms with Crippen LogP contribution in [0.5, 0.6) is 0 Å². The number of rotatable bonds is 7. The summed E-state index contributed by atoms with van der Waals surface area (Å²) >= 11 is 3.44. The van der Waals surface area contributed by atoms with Crippen molar-refractivity contribution in [2.24, 2.45) is 0 Å². The molecule has 0 radical (unpaired) electrons. The predicted octanol–water partition coefficient (Wildman–Crippen LogP) is 4.90. The molecule has 0 saturated carbocycles. The average molecular weight is 454 g/mol. The highest BCUT2D eigenvalue weighted by molar-refractivity contribution is 9.10. The van der Waals surface area contributed by atoms with Crippen LogP contribution in [0, 0.1) is 0 Å². The van der Waals surface area contributed by atoms with E-state index in [1.165, 1.54) is 4.90 Å². The van der Waals surface area contributed by atoms with Crippen molar-refractivity contribution in [2.45, 2.75) is 39.2 Å². The number of benzene rings is 1. The second kappa shape index (κ2) is 9.43. The van der Waals surface area contributed by atoms with Gasteiger partial charge in [0.05, 0.1) is 19.3 Å². The van der Waals surface area contributed by atoms with Gasteiger partial charge in [-0.15, -0.1) is 0 Å². The fourth-order valence-electron chi connectivity index (χ4n) is 3.30. The maximum absolute atomic E-state index is 12.8. The molecule has 3 rings (SSSR count). The first-order valence-electron chi connectivity index (χ1n) is 9.50. The molecule has 1 aliphatic heterocycles. The average Bonchev–Trinajstić information content (AvgIpc) is 3.30. The summed E-state index contributed by atoms with van der Waals surface area (Å²) in [4.78, 5) is 26.8. The van der Waals surface area contributed by atoms with E-state index in [2.05, 4.69) is 15.9 Å². The van der Waals surface area contributed by atoms with Gasteiger partial charge in [-0.05, 0) is 51.3 Å². The zero-order valence-corrected chi connectivity index (χ0v) is 17.6. The summed E-state index contributed by atoms with van der Waals surface area (Å²) in [6, 6.07) is 5.37. The molecule has 7 nitrogen and oxygen atoms in total. The summed E-state index contributed by atoms with van der Waals surface area (Å²) in [6.07, 6.45) is 2.17. The van der Waals surface area contributed by atoms with E-state index in [0.717, 1.165) is 23.9 Å². The van der Waals surface area contributed by atoms with Crippen LogP contribution in [0.3, 0.4) is 0 Å². The number of hydrogen-bond acceptors (Lipinski definition) is 6. The van der Waals surface area contributed by atoms with Gasteiger partial charge in [-0.1, -0.05) is 15.9 Å². The van der Waals surface area contributed by atoms with E-state index in [1.807, 2.05) is 12.1 Å². The third-order valence-electron chi connectivity index (χ3n) is 4.54. The minimum Gasteiger partial charge on any atom is -0.460 e. The first-order chi connectivity index (χ1) is 13.5. The van der Waals surface area contributed by atoms with Crippen LogP contribution in [0.15, 0.2) is 27.1 Å². The van der Waals surface area contributed by atoms with E-state index >= 15 is 0 Å². The van der Waals surface area contributed by atoms with E-state index in [9.17, 15) is 9.59 Å². The van der Waals surface area contributed by atoms with Crippen molar-refractivity contribution in [1.29, 1.82) is 0 Å². The van der Waals surface area contributed by atoms with Crippen molar-refractivity contribution < 1.29 is 28.2 Å². The van der Waals surface area contributed by atoms with Crippen LogP contribution >= 0.6 is 15.9 Å². The SMILES string of the molecule is CCOC(=O)c1oc2ccc(Br)cc2c1N(CCC1CCCO1)C(=O)OCC. The Balaban J connectivity index is 2.04. The van der Waals surface area contributed by atoms with Gasteiger partial charge in [0.2, 0.25) is 5.76 Å². The Morgan fingerprint density at radius 1 is 1.25 bits per heavy atom. The molecule has 0 spiro atoms. The number of hydrogen-bond donors (Lipinski definition) is 0. The van der Waals surface area contributed by atoms with E-state index in [0.29, 0.717) is 29.6 Å². The van der Waals surface area contributed by atoms with Crippen molar-refractivity contribution >= 4 is 44.6 Å². The van der Waals surface area contributed by atoms with Crippen LogP contribution < -0.4 is 4.90 Å². The molecule has 152 valence electrons. The Kier molecular flexibility index (Phi) is 6.96. The number of ether oxygens (including phenoxy) is 3. The fourth-order valence-corrected chi connectivity index (χ4v) is 3.66. The van der Waals surface area contributed by atoms with Crippen molar-refractivity contribution in [1.82, 2.24) is 0 Å². The number of esters is 1. The van der Waals surface area contributed by atoms with Gasteiger partial charge in [0.15, 0.2) is 0 Å². The molecule has 8 heteroatoms. The highest BCUT2D eigenvalue weighted by Crippen LogP contribution is 2.37. The number of furan rings is 1. The van der Waals surface area contributed by atoms with Crippen LogP contribution in [-0.2, 0) is 14.2 Å². The molecule has 1 aromatic carbocycles. The number of halogens is 1. The van der Waals surface area contributed by atoms with Crippen LogP contribution in [-0.4, -0.2) is 44.5 Å². The van der Waals surface area contributed by atoms with Crippen LogP contribution in [0.4, 0.5) is 10.5 Å². The molecule has 1 atom stereocenters. The van der Waals surface area contributed by atoms with Gasteiger partial charge in [-0.2, -0.15) is 0 Å². The van der Waals surface area contributed by atoms with Crippen molar-refractivity contribution in [3.8, 4) is 0 Å². The smallest absolute Gasteiger partial charge is 0.414 e. The van der Waals surface area contributed by atoms with Crippen LogP contribution in [0.25, 0.3) is 11.0 Å². The third kappa shape index (κ3) is 4.50. The lowest BCUT2D eigenvalue weighted by Crippen LogP contribution is -2.35. The summed E-state index contributed by atoms with van der Waals surface area (Å²) in [5, 5.41) is 0.637. The molecular weight excluding hydrogens is 430 g/mol. The molecule has 1 amide bonds. The number of nitrogens with zero attached hydrogens (tertiary/aromatic N) is 1. The Hall–Kier alpha value is -2.06. The van der Waals surface area contributed by atoms with Gasteiger partial charge in [-0.3, -0.25) is 4.90 Å². The molecule has 1 fully saturated rings. The number of anilines is 1. The van der Waals surface area contributed by atoms with Crippen molar-refractivity contribution in [3.05, 3.63) is 28.4 Å². The minimum atomic E-state index is -0.615. The summed E-state index contributed by atoms with van der Waals surface area (Å²) in [5.74, 6) is -0.619. The lowest BCUT2D eigenvalue weighted by molar-refractivity contribution is 0.0493. The molecule has 2 aromatic rings. The number of amides is 1. The molecule has 0 N–H and O–H groups in total. The number of carbonyl (C=O) groups excluding carboxylic acids is 2. The number of carbonyl (C=O) groups is 2. The summed E-state index contributed by atoms with van der Waals surface area (Å²) in [5.41, 5.74) is 0.860. The zero-order chi connectivity index (χ0) is 20.1. The van der Waals surface area contributed by atoms with Crippen molar-refractivity contribution in [2.75, 3.05) is 31.3 Å². The minimum absolute atomic E-state index is 0.00431. The van der Waals surface area contributed by atoms with Crippen molar-refractivity contribution in [3.63, 3.8) is 0 Å². The van der Waals surface area contributed by atoms with Gasteiger partial charge in [0, 0.05) is 23.0 Å². The van der Waals surface area contributed by atoms with Crippen LogP contribution in [0.1, 0.15) is 43.7 Å². The Bertz CT molecular complexity index is 843. The molecular formula is C20H24BrNO6. The Morgan fingerprint density at radius 3 is 2.71 bits per heavy atom. The van der Waals surface area contributed by atoms with E-state index in [-0.39, 0.29) is 25.1 Å². The molecule has 1 aromatic heterocycles. The van der Waals surface area contributed by atoms with Gasteiger partial charge < -0.3 is 18.6 Å². The summed E-state index contributed by atoms with van der Waals surface area (Å²) in [7, 11) is 0. The highest BCUT2D eigenvalue weighted by atomic mass is 79.9. The molecule has 2 heterocycles. The van der Waals surface area contributed by atoms with Gasteiger partial charge in [0.1, 0.15) is 11.3 Å². The molecule has 1 saturated heterocycles. The molecule has 1 aliphatic rings. The highest BCUT2D eigenvalue weighted by Gasteiger charge is 2.31. The van der Waals surface area contributed by atoms with Gasteiger partial charge in [0.25, 0.3) is 0 Å². The fraction of sp³-hybridized carbons (Fsp3) is 0.500. The normalized spacial score (nSPS) is 16.3. The predicted molar refractivity (Wildman–Crippen MR) is 108 cm³/mol. The van der Waals surface area contributed by atoms with Gasteiger partial charge in [-0.25, -0.2) is 9.59 Å². The molecule has 28 heavy (non-hydrogen) atoms.